The molecule has 0 bridgehead atoms. The zero-order valence-corrected chi connectivity index (χ0v) is 19.1. The van der Waals surface area contributed by atoms with E-state index in [1.165, 1.54) is 51.4 Å². The second-order valence-corrected chi connectivity index (χ2v) is 11.7. The van der Waals surface area contributed by atoms with Crippen LogP contribution in [-0.4, -0.2) is 11.2 Å². The number of aliphatic hydroxyl groups excluding tert-OH is 1. The summed E-state index contributed by atoms with van der Waals surface area (Å²) in [5.74, 6) is 4.28. The molecule has 4 rings (SSSR count). The Morgan fingerprint density at radius 1 is 1.14 bits per heavy atom. The second kappa shape index (κ2) is 7.60. The van der Waals surface area contributed by atoms with Crippen molar-refractivity contribution in [1.29, 1.82) is 0 Å². The molecule has 28 heavy (non-hydrogen) atoms. The molecule has 0 amide bonds. The maximum Gasteiger partial charge on any atom is 0.0577 e. The minimum Gasteiger partial charge on any atom is -0.393 e. The van der Waals surface area contributed by atoms with E-state index in [0.717, 1.165) is 42.4 Å². The average molecular weight is 385 g/mol. The predicted molar refractivity (Wildman–Crippen MR) is 119 cm³/mol. The molecule has 0 aromatic heterocycles. The van der Waals surface area contributed by atoms with Gasteiger partial charge in [0.25, 0.3) is 0 Å². The van der Waals surface area contributed by atoms with Crippen LogP contribution >= 0.6 is 0 Å². The SMILES string of the molecule is C/C(=C/CCC(C)C)[C@H]1CC[C@H]2C3CC=C4C[C@@H](O)CC[C@]4(C)C3CC[C@]12C. The van der Waals surface area contributed by atoms with Gasteiger partial charge in [0, 0.05) is 0 Å². The van der Waals surface area contributed by atoms with Crippen LogP contribution in [0.2, 0.25) is 0 Å². The van der Waals surface area contributed by atoms with Crippen molar-refractivity contribution in [3.63, 3.8) is 0 Å². The largest absolute Gasteiger partial charge is 0.393 e. The molecule has 2 unspecified atom stereocenters. The molecular weight excluding hydrogens is 340 g/mol. The van der Waals surface area contributed by atoms with Gasteiger partial charge in [0.1, 0.15) is 0 Å². The lowest BCUT2D eigenvalue weighted by Crippen LogP contribution is -2.50. The highest BCUT2D eigenvalue weighted by Crippen LogP contribution is 2.67. The lowest BCUT2D eigenvalue weighted by Gasteiger charge is -2.58. The van der Waals surface area contributed by atoms with Crippen LogP contribution in [-0.2, 0) is 0 Å². The van der Waals surface area contributed by atoms with Gasteiger partial charge in [-0.1, -0.05) is 51.0 Å². The Morgan fingerprint density at radius 2 is 1.93 bits per heavy atom. The maximum atomic E-state index is 10.2. The Bertz CT molecular complexity index is 643. The summed E-state index contributed by atoms with van der Waals surface area (Å²) in [4.78, 5) is 0. The minimum atomic E-state index is -0.0841. The minimum absolute atomic E-state index is 0.0841. The van der Waals surface area contributed by atoms with Crippen LogP contribution < -0.4 is 0 Å². The molecule has 0 radical (unpaired) electrons. The molecule has 1 nitrogen and oxygen atoms in total. The van der Waals surface area contributed by atoms with E-state index in [1.807, 2.05) is 0 Å². The molecule has 0 spiro atoms. The van der Waals surface area contributed by atoms with Crippen molar-refractivity contribution in [2.75, 3.05) is 0 Å². The van der Waals surface area contributed by atoms with E-state index in [0.29, 0.717) is 10.8 Å². The molecule has 0 heterocycles. The van der Waals surface area contributed by atoms with Crippen LogP contribution in [0.5, 0.6) is 0 Å². The number of hydrogen-bond donors (Lipinski definition) is 1. The summed E-state index contributed by atoms with van der Waals surface area (Å²) in [7, 11) is 0. The van der Waals surface area contributed by atoms with Gasteiger partial charge in [-0.15, -0.1) is 0 Å². The van der Waals surface area contributed by atoms with E-state index in [-0.39, 0.29) is 6.10 Å². The normalized spacial score (nSPS) is 46.0. The fourth-order valence-electron chi connectivity index (χ4n) is 8.18. The zero-order chi connectivity index (χ0) is 20.1. The molecule has 3 saturated carbocycles. The van der Waals surface area contributed by atoms with E-state index in [9.17, 15) is 5.11 Å². The van der Waals surface area contributed by atoms with Crippen molar-refractivity contribution < 1.29 is 5.11 Å². The van der Waals surface area contributed by atoms with Crippen molar-refractivity contribution in [2.45, 2.75) is 105 Å². The first-order valence-corrected chi connectivity index (χ1v) is 12.3. The average Bonchev–Trinajstić information content (AvgIpc) is 2.99. The summed E-state index contributed by atoms with van der Waals surface area (Å²) < 4.78 is 0. The Morgan fingerprint density at radius 3 is 2.68 bits per heavy atom. The van der Waals surface area contributed by atoms with Crippen molar-refractivity contribution in [1.82, 2.24) is 0 Å². The predicted octanol–water partition coefficient (Wildman–Crippen LogP) is 7.31. The topological polar surface area (TPSA) is 20.2 Å². The third-order valence-electron chi connectivity index (χ3n) is 9.84. The molecule has 1 N–H and O–H groups in total. The van der Waals surface area contributed by atoms with Crippen molar-refractivity contribution in [3.05, 3.63) is 23.3 Å². The first-order valence-electron chi connectivity index (χ1n) is 12.3. The molecule has 7 atom stereocenters. The molecule has 3 fully saturated rings. The number of fused-ring (bicyclic) bond motifs is 5. The molecule has 0 aliphatic heterocycles. The lowest BCUT2D eigenvalue weighted by atomic mass is 9.47. The van der Waals surface area contributed by atoms with Crippen molar-refractivity contribution >= 4 is 0 Å². The summed E-state index contributed by atoms with van der Waals surface area (Å²) in [6.07, 6.45) is 17.8. The standard InChI is InChI=1S/C27H44O/c1-18(2)7-6-8-19(3)23-11-12-24-22-10-9-20-17-21(28)13-15-26(20,4)25(22)14-16-27(23,24)5/h8-9,18,21-25,28H,6-7,10-17H2,1-5H3/b19-8-/t21-,22?,23+,24-,25?,26-,27+/m0/s1. The van der Waals surface area contributed by atoms with Gasteiger partial charge in [0.05, 0.1) is 6.10 Å². The van der Waals surface area contributed by atoms with Gasteiger partial charge in [0.2, 0.25) is 0 Å². The first kappa shape index (κ1) is 20.7. The van der Waals surface area contributed by atoms with Gasteiger partial charge in [-0.2, -0.15) is 0 Å². The Balaban J connectivity index is 1.54. The molecule has 158 valence electrons. The van der Waals surface area contributed by atoms with Gasteiger partial charge in [-0.3, -0.25) is 0 Å². The van der Waals surface area contributed by atoms with E-state index in [4.69, 9.17) is 0 Å². The summed E-state index contributed by atoms with van der Waals surface area (Å²) in [6.45, 7) is 12.3. The smallest absolute Gasteiger partial charge is 0.0577 e. The van der Waals surface area contributed by atoms with Gasteiger partial charge < -0.3 is 5.11 Å². The zero-order valence-electron chi connectivity index (χ0n) is 19.1. The highest BCUT2D eigenvalue weighted by Gasteiger charge is 2.58. The number of allylic oxidation sites excluding steroid dienone is 3. The van der Waals surface area contributed by atoms with Crippen LogP contribution in [0.1, 0.15) is 98.8 Å². The molecule has 0 saturated heterocycles. The second-order valence-electron chi connectivity index (χ2n) is 11.7. The summed E-state index contributed by atoms with van der Waals surface area (Å²) in [5.41, 5.74) is 4.21. The summed E-state index contributed by atoms with van der Waals surface area (Å²) in [6, 6.07) is 0. The molecule has 4 aliphatic carbocycles. The highest BCUT2D eigenvalue weighted by atomic mass is 16.3. The molecule has 0 aromatic carbocycles. The van der Waals surface area contributed by atoms with E-state index >= 15 is 0 Å². The monoisotopic (exact) mass is 384 g/mol. The maximum absolute atomic E-state index is 10.2. The molecule has 0 aromatic rings. The van der Waals surface area contributed by atoms with Gasteiger partial charge >= 0.3 is 0 Å². The third kappa shape index (κ3) is 3.34. The number of rotatable bonds is 4. The highest BCUT2D eigenvalue weighted by molar-refractivity contribution is 5.26. The lowest BCUT2D eigenvalue weighted by molar-refractivity contribution is -0.0454. The first-order chi connectivity index (χ1) is 13.3. The molecule has 1 heteroatoms. The summed E-state index contributed by atoms with van der Waals surface area (Å²) >= 11 is 0. The van der Waals surface area contributed by atoms with Crippen molar-refractivity contribution in [2.24, 2.45) is 40.4 Å². The van der Waals surface area contributed by atoms with Crippen LogP contribution in [0, 0.1) is 40.4 Å². The number of hydrogen-bond acceptors (Lipinski definition) is 1. The fraction of sp³-hybridized carbons (Fsp3) is 0.852. The van der Waals surface area contributed by atoms with E-state index in [2.05, 4.69) is 46.8 Å². The Labute approximate surface area is 174 Å². The van der Waals surface area contributed by atoms with Crippen LogP contribution in [0.25, 0.3) is 0 Å². The number of aliphatic hydroxyl groups is 1. The van der Waals surface area contributed by atoms with Crippen LogP contribution in [0.3, 0.4) is 0 Å². The van der Waals surface area contributed by atoms with Gasteiger partial charge in [-0.25, -0.2) is 0 Å². The van der Waals surface area contributed by atoms with Crippen molar-refractivity contribution in [3.8, 4) is 0 Å². The molecular formula is C27H44O. The quantitative estimate of drug-likeness (QED) is 0.504. The Kier molecular flexibility index (Phi) is 5.62. The fourth-order valence-corrected chi connectivity index (χ4v) is 8.18. The van der Waals surface area contributed by atoms with Gasteiger partial charge in [-0.05, 0) is 112 Å². The van der Waals surface area contributed by atoms with E-state index < -0.39 is 0 Å². The van der Waals surface area contributed by atoms with E-state index in [1.54, 1.807) is 11.1 Å². The Hall–Kier alpha value is -0.560. The molecule has 4 aliphatic rings. The van der Waals surface area contributed by atoms with Gasteiger partial charge in [0.15, 0.2) is 0 Å². The summed E-state index contributed by atoms with van der Waals surface area (Å²) in [5, 5.41) is 10.2. The third-order valence-corrected chi connectivity index (χ3v) is 9.84. The van der Waals surface area contributed by atoms with Crippen LogP contribution in [0.15, 0.2) is 23.3 Å². The van der Waals surface area contributed by atoms with Crippen LogP contribution in [0.4, 0.5) is 0 Å².